The molecule has 25 heavy (non-hydrogen) atoms. The molecule has 2 N–H and O–H groups in total. The van der Waals surface area contributed by atoms with E-state index in [9.17, 15) is 9.90 Å². The van der Waals surface area contributed by atoms with Crippen molar-refractivity contribution in [2.24, 2.45) is 0 Å². The fourth-order valence-corrected chi connectivity index (χ4v) is 4.66. The van der Waals surface area contributed by atoms with Gasteiger partial charge in [-0.1, -0.05) is 12.1 Å². The van der Waals surface area contributed by atoms with Crippen LogP contribution in [0.5, 0.6) is 5.75 Å². The van der Waals surface area contributed by atoms with Crippen molar-refractivity contribution in [3.8, 4) is 15.6 Å². The number of halogens is 1. The number of phenols is 1. The first-order valence-electron chi connectivity index (χ1n) is 7.83. The second kappa shape index (κ2) is 8.60. The molecule has 3 aromatic rings. The average molecular weight is 437 g/mol. The Kier molecular flexibility index (Phi) is 6.23. The molecule has 4 nitrogen and oxygen atoms in total. The molecule has 0 unspecified atom stereocenters. The number of carbonyl (C=O) groups excluding carboxylic acids is 1. The number of hydrogen-bond acceptors (Lipinski definition) is 5. The summed E-state index contributed by atoms with van der Waals surface area (Å²) >= 11 is 6.64. The number of thiophene rings is 1. The number of hydrogen-bond donors (Lipinski definition) is 2. The Morgan fingerprint density at radius 3 is 2.72 bits per heavy atom. The summed E-state index contributed by atoms with van der Waals surface area (Å²) in [6.07, 6.45) is 2.04. The van der Waals surface area contributed by atoms with Crippen LogP contribution in [0, 0.1) is 0 Å². The van der Waals surface area contributed by atoms with Crippen molar-refractivity contribution in [3.63, 3.8) is 0 Å². The molecule has 130 valence electrons. The average Bonchev–Trinajstić information content (AvgIpc) is 3.22. The van der Waals surface area contributed by atoms with E-state index in [1.54, 1.807) is 34.8 Å². The van der Waals surface area contributed by atoms with Crippen LogP contribution in [0.3, 0.4) is 0 Å². The van der Waals surface area contributed by atoms with Gasteiger partial charge >= 0.3 is 0 Å². The largest absolute Gasteiger partial charge is 0.508 e. The van der Waals surface area contributed by atoms with Gasteiger partial charge in [0, 0.05) is 21.8 Å². The van der Waals surface area contributed by atoms with E-state index in [1.807, 2.05) is 29.0 Å². The SMILES string of the molecule is O=C(Cc1csc(-c2cc(Br)cs2)n1)NCCCc1ccc(O)cc1. The predicted octanol–water partition coefficient (Wildman–Crippen LogP) is 4.63. The minimum absolute atomic E-state index is 0.00471. The summed E-state index contributed by atoms with van der Waals surface area (Å²) in [5, 5.41) is 17.1. The van der Waals surface area contributed by atoms with E-state index >= 15 is 0 Å². The van der Waals surface area contributed by atoms with Crippen molar-refractivity contribution in [3.05, 3.63) is 56.8 Å². The van der Waals surface area contributed by atoms with Crippen LogP contribution in [0.2, 0.25) is 0 Å². The smallest absolute Gasteiger partial charge is 0.226 e. The van der Waals surface area contributed by atoms with Gasteiger partial charge in [-0.2, -0.15) is 0 Å². The quantitative estimate of drug-likeness (QED) is 0.530. The number of benzene rings is 1. The van der Waals surface area contributed by atoms with Gasteiger partial charge < -0.3 is 10.4 Å². The molecule has 0 saturated carbocycles. The molecule has 0 saturated heterocycles. The highest BCUT2D eigenvalue weighted by Gasteiger charge is 2.10. The molecule has 0 spiro atoms. The summed E-state index contributed by atoms with van der Waals surface area (Å²) in [4.78, 5) is 17.7. The molecule has 0 bridgehead atoms. The Hall–Kier alpha value is -1.70. The molecular weight excluding hydrogens is 420 g/mol. The van der Waals surface area contributed by atoms with Gasteiger partial charge in [0.25, 0.3) is 0 Å². The minimum atomic E-state index is -0.00471. The highest BCUT2D eigenvalue weighted by atomic mass is 79.9. The lowest BCUT2D eigenvalue weighted by Crippen LogP contribution is -2.26. The van der Waals surface area contributed by atoms with Crippen LogP contribution in [-0.4, -0.2) is 22.5 Å². The van der Waals surface area contributed by atoms with Crippen LogP contribution in [0.15, 0.2) is 45.6 Å². The second-order valence-corrected chi connectivity index (χ2v) is 8.25. The van der Waals surface area contributed by atoms with Crippen LogP contribution in [-0.2, 0) is 17.6 Å². The van der Waals surface area contributed by atoms with Crippen LogP contribution in [0.25, 0.3) is 9.88 Å². The van der Waals surface area contributed by atoms with Crippen LogP contribution < -0.4 is 5.32 Å². The lowest BCUT2D eigenvalue weighted by atomic mass is 10.1. The summed E-state index contributed by atoms with van der Waals surface area (Å²) < 4.78 is 1.05. The summed E-state index contributed by atoms with van der Waals surface area (Å²) in [5.41, 5.74) is 1.96. The van der Waals surface area contributed by atoms with E-state index in [0.717, 1.165) is 38.5 Å². The van der Waals surface area contributed by atoms with Crippen molar-refractivity contribution in [2.45, 2.75) is 19.3 Å². The fourth-order valence-electron chi connectivity index (χ4n) is 2.34. The Balaban J connectivity index is 1.42. The molecule has 0 atom stereocenters. The molecule has 3 rings (SSSR count). The minimum Gasteiger partial charge on any atom is -0.508 e. The topological polar surface area (TPSA) is 62.2 Å². The number of aromatic hydroxyl groups is 1. The second-order valence-electron chi connectivity index (χ2n) is 5.57. The molecule has 0 radical (unpaired) electrons. The summed E-state index contributed by atoms with van der Waals surface area (Å²) in [7, 11) is 0. The number of nitrogens with one attached hydrogen (secondary N) is 1. The third kappa shape index (κ3) is 5.39. The molecule has 2 aromatic heterocycles. The maximum absolute atomic E-state index is 12.0. The number of aryl methyl sites for hydroxylation is 1. The standard InChI is InChI=1S/C18H17BrN2O2S2/c19-13-8-16(24-10-13)18-21-14(11-25-18)9-17(23)20-7-1-2-12-3-5-15(22)6-4-12/h3-6,8,10-11,22H,1-2,7,9H2,(H,20,23). The van der Waals surface area contributed by atoms with Crippen molar-refractivity contribution >= 4 is 44.5 Å². The molecule has 0 aliphatic heterocycles. The Labute approximate surface area is 162 Å². The number of aromatic nitrogens is 1. The molecule has 0 aliphatic carbocycles. The molecule has 1 amide bonds. The van der Waals surface area contributed by atoms with Gasteiger partial charge in [0.15, 0.2) is 0 Å². The Morgan fingerprint density at radius 1 is 1.20 bits per heavy atom. The Morgan fingerprint density at radius 2 is 2.00 bits per heavy atom. The number of amides is 1. The lowest BCUT2D eigenvalue weighted by molar-refractivity contribution is -0.120. The van der Waals surface area contributed by atoms with E-state index in [-0.39, 0.29) is 11.7 Å². The zero-order valence-electron chi connectivity index (χ0n) is 13.4. The third-order valence-electron chi connectivity index (χ3n) is 3.57. The lowest BCUT2D eigenvalue weighted by Gasteiger charge is -2.04. The van der Waals surface area contributed by atoms with Crippen molar-refractivity contribution in [2.75, 3.05) is 6.54 Å². The maximum Gasteiger partial charge on any atom is 0.226 e. The number of nitrogens with zero attached hydrogens (tertiary/aromatic N) is 1. The first kappa shape index (κ1) is 18.1. The van der Waals surface area contributed by atoms with Crippen molar-refractivity contribution < 1.29 is 9.90 Å². The molecule has 2 heterocycles. The number of thiazole rings is 1. The van der Waals surface area contributed by atoms with E-state index in [4.69, 9.17) is 0 Å². The highest BCUT2D eigenvalue weighted by Crippen LogP contribution is 2.32. The zero-order valence-corrected chi connectivity index (χ0v) is 16.6. The van der Waals surface area contributed by atoms with Gasteiger partial charge in [-0.3, -0.25) is 4.79 Å². The highest BCUT2D eigenvalue weighted by molar-refractivity contribution is 9.10. The third-order valence-corrected chi connectivity index (χ3v) is 6.32. The molecule has 0 aliphatic rings. The zero-order chi connectivity index (χ0) is 17.6. The van der Waals surface area contributed by atoms with Crippen LogP contribution in [0.1, 0.15) is 17.7 Å². The van der Waals surface area contributed by atoms with E-state index in [0.29, 0.717) is 13.0 Å². The molecule has 0 fully saturated rings. The first-order valence-corrected chi connectivity index (χ1v) is 10.4. The Bertz CT molecular complexity index is 843. The van der Waals surface area contributed by atoms with E-state index in [2.05, 4.69) is 26.2 Å². The molecule has 7 heteroatoms. The monoisotopic (exact) mass is 436 g/mol. The number of carbonyl (C=O) groups is 1. The number of rotatable bonds is 7. The van der Waals surface area contributed by atoms with E-state index in [1.165, 1.54) is 0 Å². The number of phenolic OH excluding ortho intramolecular Hbond substituents is 1. The van der Waals surface area contributed by atoms with Gasteiger partial charge in [-0.15, -0.1) is 22.7 Å². The van der Waals surface area contributed by atoms with Crippen LogP contribution >= 0.6 is 38.6 Å². The van der Waals surface area contributed by atoms with E-state index < -0.39 is 0 Å². The molecular formula is C18H17BrN2O2S2. The van der Waals surface area contributed by atoms with Gasteiger partial charge in [0.2, 0.25) is 5.91 Å². The maximum atomic E-state index is 12.0. The summed E-state index contributed by atoms with van der Waals surface area (Å²) in [6, 6.07) is 9.20. The van der Waals surface area contributed by atoms with Gasteiger partial charge in [0.05, 0.1) is 17.0 Å². The molecule has 1 aromatic carbocycles. The first-order chi connectivity index (χ1) is 12.1. The summed E-state index contributed by atoms with van der Waals surface area (Å²) in [5.74, 6) is 0.268. The fraction of sp³-hybridized carbons (Fsp3) is 0.222. The summed E-state index contributed by atoms with van der Waals surface area (Å²) in [6.45, 7) is 0.634. The van der Waals surface area contributed by atoms with Gasteiger partial charge in [-0.25, -0.2) is 4.98 Å². The predicted molar refractivity (Wildman–Crippen MR) is 106 cm³/mol. The van der Waals surface area contributed by atoms with Crippen LogP contribution in [0.4, 0.5) is 0 Å². The normalized spacial score (nSPS) is 10.8. The van der Waals surface area contributed by atoms with Crippen molar-refractivity contribution in [1.29, 1.82) is 0 Å². The van der Waals surface area contributed by atoms with Gasteiger partial charge in [-0.05, 0) is 52.5 Å². The van der Waals surface area contributed by atoms with Gasteiger partial charge in [0.1, 0.15) is 10.8 Å². The van der Waals surface area contributed by atoms with Crippen molar-refractivity contribution in [1.82, 2.24) is 10.3 Å².